The Morgan fingerprint density at radius 1 is 1.33 bits per heavy atom. The summed E-state index contributed by atoms with van der Waals surface area (Å²) in [5.41, 5.74) is 2.14. The molecule has 15 heavy (non-hydrogen) atoms. The summed E-state index contributed by atoms with van der Waals surface area (Å²) < 4.78 is 0. The summed E-state index contributed by atoms with van der Waals surface area (Å²) in [6, 6.07) is 7.67. The Morgan fingerprint density at radius 2 is 2.07 bits per heavy atom. The summed E-state index contributed by atoms with van der Waals surface area (Å²) in [5, 5.41) is 7.20. The van der Waals surface area contributed by atoms with Crippen molar-refractivity contribution < 1.29 is 0 Å². The highest BCUT2D eigenvalue weighted by molar-refractivity contribution is 7.09. The number of hydrogen-bond donors (Lipinski definition) is 1. The molecule has 0 aliphatic carbocycles. The van der Waals surface area contributed by atoms with E-state index in [4.69, 9.17) is 11.6 Å². The molecule has 0 fully saturated rings. The minimum atomic E-state index is 0.755. The van der Waals surface area contributed by atoms with Crippen LogP contribution in [0.15, 0.2) is 29.6 Å². The molecular weight excluding hydrogens is 228 g/mol. The van der Waals surface area contributed by atoms with E-state index in [9.17, 15) is 0 Å². The zero-order valence-corrected chi connectivity index (χ0v) is 9.90. The third-order valence-corrected chi connectivity index (χ3v) is 3.17. The van der Waals surface area contributed by atoms with Crippen molar-refractivity contribution in [1.82, 2.24) is 4.98 Å². The van der Waals surface area contributed by atoms with Gasteiger partial charge in [-0.2, -0.15) is 0 Å². The normalized spacial score (nSPS) is 10.3. The van der Waals surface area contributed by atoms with Gasteiger partial charge in [0.15, 0.2) is 0 Å². The number of benzene rings is 1. The van der Waals surface area contributed by atoms with E-state index in [1.165, 1.54) is 0 Å². The number of rotatable bonds is 3. The Bertz CT molecular complexity index is 436. The number of hydrogen-bond acceptors (Lipinski definition) is 3. The number of thiazole rings is 1. The Morgan fingerprint density at radius 3 is 2.67 bits per heavy atom. The van der Waals surface area contributed by atoms with Gasteiger partial charge < -0.3 is 5.32 Å². The number of anilines is 1. The average molecular weight is 239 g/mol. The molecule has 1 N–H and O–H groups in total. The first-order chi connectivity index (χ1) is 7.24. The molecule has 0 spiro atoms. The highest BCUT2D eigenvalue weighted by atomic mass is 35.5. The van der Waals surface area contributed by atoms with E-state index in [0.29, 0.717) is 0 Å². The molecule has 0 amide bonds. The van der Waals surface area contributed by atoms with E-state index < -0.39 is 0 Å². The van der Waals surface area contributed by atoms with Crippen LogP contribution in [0, 0.1) is 6.92 Å². The summed E-state index contributed by atoms with van der Waals surface area (Å²) in [6.45, 7) is 2.77. The number of aryl methyl sites for hydroxylation is 1. The Labute approximate surface area is 97.9 Å². The maximum absolute atomic E-state index is 5.79. The SMILES string of the molecule is Cc1csc(CNc2ccc(Cl)cc2)n1. The van der Waals surface area contributed by atoms with Crippen LogP contribution in [-0.4, -0.2) is 4.98 Å². The molecule has 0 saturated carbocycles. The van der Waals surface area contributed by atoms with Crippen molar-refractivity contribution in [1.29, 1.82) is 0 Å². The lowest BCUT2D eigenvalue weighted by molar-refractivity contribution is 1.08. The van der Waals surface area contributed by atoms with Gasteiger partial charge >= 0.3 is 0 Å². The summed E-state index contributed by atoms with van der Waals surface area (Å²) in [5.74, 6) is 0. The van der Waals surface area contributed by atoms with Crippen molar-refractivity contribution in [2.75, 3.05) is 5.32 Å². The molecule has 0 aliphatic heterocycles. The molecule has 0 radical (unpaired) electrons. The quantitative estimate of drug-likeness (QED) is 0.882. The molecule has 0 aliphatic rings. The van der Waals surface area contributed by atoms with Crippen LogP contribution in [0.2, 0.25) is 5.02 Å². The number of nitrogens with one attached hydrogen (secondary N) is 1. The van der Waals surface area contributed by atoms with Crippen molar-refractivity contribution in [2.24, 2.45) is 0 Å². The molecule has 1 aromatic heterocycles. The van der Waals surface area contributed by atoms with Crippen LogP contribution >= 0.6 is 22.9 Å². The molecule has 0 atom stereocenters. The third kappa shape index (κ3) is 2.94. The van der Waals surface area contributed by atoms with Crippen LogP contribution in [0.4, 0.5) is 5.69 Å². The first-order valence-corrected chi connectivity index (χ1v) is 5.90. The highest BCUT2D eigenvalue weighted by Gasteiger charge is 1.98. The first-order valence-electron chi connectivity index (χ1n) is 4.64. The number of halogens is 1. The first kappa shape index (κ1) is 10.5. The van der Waals surface area contributed by atoms with Crippen LogP contribution in [0.5, 0.6) is 0 Å². The number of nitrogens with zero attached hydrogens (tertiary/aromatic N) is 1. The van der Waals surface area contributed by atoms with Gasteiger partial charge in [-0.05, 0) is 31.2 Å². The summed E-state index contributed by atoms with van der Waals surface area (Å²) in [4.78, 5) is 4.37. The van der Waals surface area contributed by atoms with Crippen molar-refractivity contribution in [2.45, 2.75) is 13.5 Å². The molecule has 1 heterocycles. The van der Waals surface area contributed by atoms with Crippen LogP contribution in [0.3, 0.4) is 0 Å². The summed E-state index contributed by atoms with van der Waals surface area (Å²) in [6.07, 6.45) is 0. The van der Waals surface area contributed by atoms with Gasteiger partial charge in [0.2, 0.25) is 0 Å². The third-order valence-electron chi connectivity index (χ3n) is 1.95. The topological polar surface area (TPSA) is 24.9 Å². The Balaban J connectivity index is 1.96. The second-order valence-electron chi connectivity index (χ2n) is 3.24. The molecule has 0 saturated heterocycles. The van der Waals surface area contributed by atoms with Gasteiger partial charge in [0.05, 0.1) is 6.54 Å². The van der Waals surface area contributed by atoms with Gasteiger partial charge in [-0.25, -0.2) is 4.98 Å². The predicted molar refractivity (Wildman–Crippen MR) is 65.6 cm³/mol. The second-order valence-corrected chi connectivity index (χ2v) is 4.62. The van der Waals surface area contributed by atoms with Gasteiger partial charge in [0.1, 0.15) is 5.01 Å². The fourth-order valence-electron chi connectivity index (χ4n) is 1.23. The van der Waals surface area contributed by atoms with Crippen LogP contribution in [-0.2, 0) is 6.54 Å². The van der Waals surface area contributed by atoms with Crippen LogP contribution < -0.4 is 5.32 Å². The van der Waals surface area contributed by atoms with Gasteiger partial charge in [0.25, 0.3) is 0 Å². The summed E-state index contributed by atoms with van der Waals surface area (Å²) >= 11 is 7.47. The van der Waals surface area contributed by atoms with Gasteiger partial charge in [-0.1, -0.05) is 11.6 Å². The second kappa shape index (κ2) is 4.64. The number of aromatic nitrogens is 1. The molecule has 2 aromatic rings. The van der Waals surface area contributed by atoms with Crippen LogP contribution in [0.25, 0.3) is 0 Å². The molecule has 2 nitrogen and oxygen atoms in total. The van der Waals surface area contributed by atoms with E-state index >= 15 is 0 Å². The van der Waals surface area contributed by atoms with Crippen molar-refractivity contribution in [3.63, 3.8) is 0 Å². The van der Waals surface area contributed by atoms with E-state index in [1.54, 1.807) is 11.3 Å². The molecule has 2 rings (SSSR count). The molecular formula is C11H11ClN2S. The zero-order valence-electron chi connectivity index (χ0n) is 8.33. The van der Waals surface area contributed by atoms with Crippen molar-refractivity contribution >= 4 is 28.6 Å². The molecule has 4 heteroatoms. The minimum Gasteiger partial charge on any atom is -0.379 e. The molecule has 1 aromatic carbocycles. The van der Waals surface area contributed by atoms with Gasteiger partial charge in [-0.3, -0.25) is 0 Å². The molecule has 0 unspecified atom stereocenters. The Kier molecular flexibility index (Phi) is 3.23. The minimum absolute atomic E-state index is 0.755. The van der Waals surface area contributed by atoms with Crippen molar-refractivity contribution in [3.8, 4) is 0 Å². The lowest BCUT2D eigenvalue weighted by atomic mass is 10.3. The van der Waals surface area contributed by atoms with E-state index in [2.05, 4.69) is 15.7 Å². The Hall–Kier alpha value is -1.06. The lowest BCUT2D eigenvalue weighted by Gasteiger charge is -2.03. The maximum atomic E-state index is 5.79. The van der Waals surface area contributed by atoms with Gasteiger partial charge in [-0.15, -0.1) is 11.3 Å². The van der Waals surface area contributed by atoms with E-state index in [-0.39, 0.29) is 0 Å². The smallest absolute Gasteiger partial charge is 0.112 e. The van der Waals surface area contributed by atoms with E-state index in [0.717, 1.165) is 28.0 Å². The van der Waals surface area contributed by atoms with Crippen LogP contribution in [0.1, 0.15) is 10.7 Å². The van der Waals surface area contributed by atoms with Crippen molar-refractivity contribution in [3.05, 3.63) is 45.4 Å². The highest BCUT2D eigenvalue weighted by Crippen LogP contribution is 2.15. The fraction of sp³-hybridized carbons (Fsp3) is 0.182. The zero-order chi connectivity index (χ0) is 10.7. The standard InChI is InChI=1S/C11H11ClN2S/c1-8-7-15-11(14-8)6-13-10-4-2-9(12)3-5-10/h2-5,7,13H,6H2,1H3. The van der Waals surface area contributed by atoms with Gasteiger partial charge in [0, 0.05) is 21.8 Å². The lowest BCUT2D eigenvalue weighted by Crippen LogP contribution is -1.98. The average Bonchev–Trinajstić information content (AvgIpc) is 2.64. The largest absolute Gasteiger partial charge is 0.379 e. The van der Waals surface area contributed by atoms with E-state index in [1.807, 2.05) is 31.2 Å². The molecule has 78 valence electrons. The summed E-state index contributed by atoms with van der Waals surface area (Å²) in [7, 11) is 0. The fourth-order valence-corrected chi connectivity index (χ4v) is 2.07. The molecule has 0 bridgehead atoms. The maximum Gasteiger partial charge on any atom is 0.112 e. The monoisotopic (exact) mass is 238 g/mol. The predicted octanol–water partition coefficient (Wildman–Crippen LogP) is 3.72.